The van der Waals surface area contributed by atoms with Crippen molar-refractivity contribution in [2.45, 2.75) is 13.8 Å². The van der Waals surface area contributed by atoms with E-state index in [1.807, 2.05) is 30.9 Å². The van der Waals surface area contributed by atoms with Crippen molar-refractivity contribution in [2.24, 2.45) is 0 Å². The predicted molar refractivity (Wildman–Crippen MR) is 97.6 cm³/mol. The van der Waals surface area contributed by atoms with E-state index in [1.54, 1.807) is 36.4 Å². The maximum absolute atomic E-state index is 10.2. The van der Waals surface area contributed by atoms with Gasteiger partial charge in [0, 0.05) is 13.1 Å². The van der Waals surface area contributed by atoms with Gasteiger partial charge in [0.05, 0.1) is 11.1 Å². The second kappa shape index (κ2) is 7.17. The number of hydrogen-bond acceptors (Lipinski definition) is 6. The van der Waals surface area contributed by atoms with E-state index >= 15 is 0 Å². The molecule has 0 bridgehead atoms. The Kier molecular flexibility index (Phi) is 4.79. The highest BCUT2D eigenvalue weighted by atomic mass is 16.3. The Morgan fingerprint density at radius 3 is 1.56 bits per heavy atom. The zero-order chi connectivity index (χ0) is 17.8. The Morgan fingerprint density at radius 1 is 0.720 bits per heavy atom. The minimum absolute atomic E-state index is 0.0995. The van der Waals surface area contributed by atoms with Gasteiger partial charge in [0.1, 0.15) is 11.5 Å². The first-order valence-corrected chi connectivity index (χ1v) is 8.21. The number of nitrogens with zero attached hydrogens (tertiary/aromatic N) is 4. The smallest absolute Gasteiger partial charge is 0.229 e. The topological polar surface area (TPSA) is 82.4 Å². The molecule has 128 valence electrons. The first kappa shape index (κ1) is 16.7. The summed E-state index contributed by atoms with van der Waals surface area (Å²) < 4.78 is 0. The number of para-hydroxylation sites is 2. The van der Waals surface area contributed by atoms with Crippen LogP contribution >= 0.6 is 0 Å². The summed E-state index contributed by atoms with van der Waals surface area (Å²) in [7, 11) is 0. The van der Waals surface area contributed by atoms with Gasteiger partial charge in [-0.2, -0.15) is 9.97 Å². The van der Waals surface area contributed by atoms with Crippen molar-refractivity contribution in [3.05, 3.63) is 48.5 Å². The van der Waals surface area contributed by atoms with Crippen molar-refractivity contribution >= 4 is 5.95 Å². The van der Waals surface area contributed by atoms with Crippen molar-refractivity contribution in [3.8, 4) is 34.3 Å². The number of anilines is 1. The molecule has 3 rings (SSSR count). The van der Waals surface area contributed by atoms with Crippen LogP contribution in [0.15, 0.2) is 48.5 Å². The molecule has 2 aromatic carbocycles. The lowest BCUT2D eigenvalue weighted by Crippen LogP contribution is -2.25. The highest BCUT2D eigenvalue weighted by Gasteiger charge is 2.17. The quantitative estimate of drug-likeness (QED) is 0.742. The summed E-state index contributed by atoms with van der Waals surface area (Å²) >= 11 is 0. The molecule has 0 unspecified atom stereocenters. The molecule has 0 radical (unpaired) electrons. The molecule has 6 nitrogen and oxygen atoms in total. The molecule has 1 heterocycles. The van der Waals surface area contributed by atoms with Crippen LogP contribution in [0, 0.1) is 0 Å². The molecule has 0 aliphatic carbocycles. The molecular weight excluding hydrogens is 316 g/mol. The summed E-state index contributed by atoms with van der Waals surface area (Å²) in [5, 5.41) is 20.3. The summed E-state index contributed by atoms with van der Waals surface area (Å²) in [6.07, 6.45) is 0. The second-order valence-corrected chi connectivity index (χ2v) is 5.49. The third kappa shape index (κ3) is 3.38. The van der Waals surface area contributed by atoms with E-state index in [-0.39, 0.29) is 11.5 Å². The fourth-order valence-electron chi connectivity index (χ4n) is 2.58. The van der Waals surface area contributed by atoms with Crippen molar-refractivity contribution < 1.29 is 10.2 Å². The van der Waals surface area contributed by atoms with E-state index in [2.05, 4.69) is 15.0 Å². The molecular formula is C19H20N4O2. The van der Waals surface area contributed by atoms with Gasteiger partial charge in [-0.05, 0) is 38.1 Å². The maximum Gasteiger partial charge on any atom is 0.229 e. The molecule has 0 saturated carbocycles. The summed E-state index contributed by atoms with van der Waals surface area (Å²) in [6.45, 7) is 5.51. The third-order valence-electron chi connectivity index (χ3n) is 3.96. The molecule has 0 amide bonds. The SMILES string of the molecule is CCN(CC)c1nc(-c2ccccc2O)nc(-c2ccccc2O)n1. The minimum atomic E-state index is 0.0995. The molecule has 0 fully saturated rings. The Balaban J connectivity index is 2.22. The highest BCUT2D eigenvalue weighted by Crippen LogP contribution is 2.31. The number of benzene rings is 2. The van der Waals surface area contributed by atoms with E-state index in [0.29, 0.717) is 28.7 Å². The summed E-state index contributed by atoms with van der Waals surface area (Å²) in [5.41, 5.74) is 1.05. The van der Waals surface area contributed by atoms with Gasteiger partial charge in [-0.15, -0.1) is 0 Å². The predicted octanol–water partition coefficient (Wildman–Crippen LogP) is 3.46. The van der Waals surface area contributed by atoms with Gasteiger partial charge < -0.3 is 15.1 Å². The zero-order valence-electron chi connectivity index (χ0n) is 14.2. The van der Waals surface area contributed by atoms with Gasteiger partial charge in [-0.3, -0.25) is 0 Å². The lowest BCUT2D eigenvalue weighted by Gasteiger charge is -2.20. The van der Waals surface area contributed by atoms with Crippen LogP contribution in [0.25, 0.3) is 22.8 Å². The molecule has 25 heavy (non-hydrogen) atoms. The summed E-state index contributed by atoms with van der Waals surface area (Å²) in [4.78, 5) is 15.5. The number of rotatable bonds is 5. The molecule has 0 aliphatic heterocycles. The van der Waals surface area contributed by atoms with Crippen molar-refractivity contribution in [1.82, 2.24) is 15.0 Å². The van der Waals surface area contributed by atoms with E-state index in [4.69, 9.17) is 0 Å². The van der Waals surface area contributed by atoms with Crippen molar-refractivity contribution in [3.63, 3.8) is 0 Å². The maximum atomic E-state index is 10.2. The molecule has 3 aromatic rings. The number of aromatic nitrogens is 3. The second-order valence-electron chi connectivity index (χ2n) is 5.49. The Bertz CT molecular complexity index is 815. The van der Waals surface area contributed by atoms with E-state index in [1.165, 1.54) is 0 Å². The Hall–Kier alpha value is -3.15. The van der Waals surface area contributed by atoms with Crippen LogP contribution in [0.2, 0.25) is 0 Å². The van der Waals surface area contributed by atoms with Gasteiger partial charge in [-0.1, -0.05) is 24.3 Å². The number of phenolic OH excluding ortho intramolecular Hbond substituents is 2. The molecule has 2 N–H and O–H groups in total. The highest BCUT2D eigenvalue weighted by molar-refractivity contribution is 5.69. The van der Waals surface area contributed by atoms with Gasteiger partial charge >= 0.3 is 0 Å². The monoisotopic (exact) mass is 336 g/mol. The van der Waals surface area contributed by atoms with Crippen molar-refractivity contribution in [2.75, 3.05) is 18.0 Å². The van der Waals surface area contributed by atoms with Crippen LogP contribution in [-0.4, -0.2) is 38.3 Å². The average molecular weight is 336 g/mol. The van der Waals surface area contributed by atoms with Gasteiger partial charge in [0.25, 0.3) is 0 Å². The Labute approximate surface area is 146 Å². The van der Waals surface area contributed by atoms with Gasteiger partial charge in [0.2, 0.25) is 5.95 Å². The van der Waals surface area contributed by atoms with E-state index in [9.17, 15) is 10.2 Å². The van der Waals surface area contributed by atoms with Crippen molar-refractivity contribution in [1.29, 1.82) is 0 Å². The number of phenols is 2. The van der Waals surface area contributed by atoms with Crippen LogP contribution in [0.1, 0.15) is 13.8 Å². The minimum Gasteiger partial charge on any atom is -0.507 e. The van der Waals surface area contributed by atoms with Gasteiger partial charge in [-0.25, -0.2) is 4.98 Å². The molecule has 0 spiro atoms. The zero-order valence-corrected chi connectivity index (χ0v) is 14.2. The molecule has 0 saturated heterocycles. The van der Waals surface area contributed by atoms with E-state index in [0.717, 1.165) is 13.1 Å². The molecule has 0 atom stereocenters. The van der Waals surface area contributed by atoms with Crippen LogP contribution in [0.4, 0.5) is 5.95 Å². The normalized spacial score (nSPS) is 10.6. The number of hydrogen-bond donors (Lipinski definition) is 2. The van der Waals surface area contributed by atoms with Crippen LogP contribution in [0.5, 0.6) is 11.5 Å². The fourth-order valence-corrected chi connectivity index (χ4v) is 2.58. The first-order chi connectivity index (χ1) is 12.1. The van der Waals surface area contributed by atoms with E-state index < -0.39 is 0 Å². The lowest BCUT2D eigenvalue weighted by atomic mass is 10.1. The van der Waals surface area contributed by atoms with Crippen LogP contribution in [0.3, 0.4) is 0 Å². The Morgan fingerprint density at radius 2 is 1.16 bits per heavy atom. The van der Waals surface area contributed by atoms with Crippen LogP contribution < -0.4 is 4.90 Å². The molecule has 6 heteroatoms. The molecule has 0 aliphatic rings. The van der Waals surface area contributed by atoms with Gasteiger partial charge in [0.15, 0.2) is 11.6 Å². The standard InChI is InChI=1S/C19H20N4O2/c1-3-23(4-2)19-21-17(13-9-5-7-11-15(13)24)20-18(22-19)14-10-6-8-12-16(14)25/h5-12,24-25H,3-4H2,1-2H3. The lowest BCUT2D eigenvalue weighted by molar-refractivity contribution is 0.477. The third-order valence-corrected chi connectivity index (χ3v) is 3.96. The molecule has 1 aromatic heterocycles. The largest absolute Gasteiger partial charge is 0.507 e. The fraction of sp³-hybridized carbons (Fsp3) is 0.211. The first-order valence-electron chi connectivity index (χ1n) is 8.21. The summed E-state index contributed by atoms with van der Waals surface area (Å²) in [5.74, 6) is 1.45. The number of aromatic hydroxyl groups is 2. The van der Waals surface area contributed by atoms with Crippen LogP contribution in [-0.2, 0) is 0 Å². The average Bonchev–Trinajstić information content (AvgIpc) is 2.63. The summed E-state index contributed by atoms with van der Waals surface area (Å²) in [6, 6.07) is 13.8.